The van der Waals surface area contributed by atoms with E-state index in [0.29, 0.717) is 29.0 Å². The van der Waals surface area contributed by atoms with Crippen molar-refractivity contribution in [2.45, 2.75) is 12.6 Å². The zero-order chi connectivity index (χ0) is 24.9. The van der Waals surface area contributed by atoms with E-state index < -0.39 is 28.3 Å². The van der Waals surface area contributed by atoms with Gasteiger partial charge < -0.3 is 14.8 Å². The molecule has 3 N–H and O–H groups in total. The van der Waals surface area contributed by atoms with E-state index in [0.717, 1.165) is 12.1 Å². The van der Waals surface area contributed by atoms with Crippen molar-refractivity contribution in [3.05, 3.63) is 52.1 Å². The van der Waals surface area contributed by atoms with Crippen molar-refractivity contribution < 1.29 is 32.4 Å². The van der Waals surface area contributed by atoms with E-state index in [9.17, 15) is 28.1 Å². The Bertz CT molecular complexity index is 1200. The van der Waals surface area contributed by atoms with Gasteiger partial charge in [-0.3, -0.25) is 25.3 Å². The molecule has 0 aliphatic rings. The number of hydrogen-bond donors (Lipinski definition) is 3. The molecule has 1 heterocycles. The third kappa shape index (κ3) is 5.70. The highest BCUT2D eigenvalue weighted by atomic mass is 19.4. The van der Waals surface area contributed by atoms with E-state index in [1.807, 2.05) is 0 Å². The largest absolute Gasteiger partial charge is 0.497 e. The summed E-state index contributed by atoms with van der Waals surface area (Å²) in [6.45, 7) is -0.0817. The first-order valence-corrected chi connectivity index (χ1v) is 9.66. The minimum Gasteiger partial charge on any atom is -0.497 e. The van der Waals surface area contributed by atoms with Crippen LogP contribution in [0.4, 0.5) is 30.5 Å². The van der Waals surface area contributed by atoms with Crippen LogP contribution in [0.25, 0.3) is 11.4 Å². The number of rotatable bonds is 9. The molecule has 14 heteroatoms. The number of anilines is 2. The van der Waals surface area contributed by atoms with Gasteiger partial charge in [0.15, 0.2) is 5.82 Å². The van der Waals surface area contributed by atoms with E-state index in [1.54, 1.807) is 18.2 Å². The molecule has 0 bridgehead atoms. The maximum atomic E-state index is 12.8. The summed E-state index contributed by atoms with van der Waals surface area (Å²) in [6.07, 6.45) is -4.87. The van der Waals surface area contributed by atoms with Gasteiger partial charge in [0.05, 0.1) is 30.3 Å². The van der Waals surface area contributed by atoms with Crippen LogP contribution in [0.5, 0.6) is 11.5 Å². The van der Waals surface area contributed by atoms with E-state index in [1.165, 1.54) is 14.2 Å². The van der Waals surface area contributed by atoms with Gasteiger partial charge in [0.2, 0.25) is 11.9 Å². The Labute approximate surface area is 190 Å². The van der Waals surface area contributed by atoms with Gasteiger partial charge >= 0.3 is 6.18 Å². The molecule has 1 aromatic heterocycles. The number of H-pyrrole nitrogens is 1. The van der Waals surface area contributed by atoms with Crippen molar-refractivity contribution in [1.82, 2.24) is 15.2 Å². The second-order valence-electron chi connectivity index (χ2n) is 6.79. The number of carbonyl (C=O) groups excluding carboxylic acids is 1. The number of nitrogens with one attached hydrogen (secondary N) is 3. The van der Waals surface area contributed by atoms with Crippen LogP contribution in [0, 0.1) is 10.1 Å². The fourth-order valence-electron chi connectivity index (χ4n) is 2.94. The molecule has 0 fully saturated rings. The predicted molar refractivity (Wildman–Crippen MR) is 115 cm³/mol. The van der Waals surface area contributed by atoms with Gasteiger partial charge in [-0.15, -0.1) is 5.10 Å². The van der Waals surface area contributed by atoms with Crippen LogP contribution in [-0.4, -0.2) is 46.8 Å². The molecule has 3 aromatic rings. The first kappa shape index (κ1) is 24.3. The molecule has 3 rings (SSSR count). The maximum Gasteiger partial charge on any atom is 0.416 e. The minimum atomic E-state index is -4.71. The molecule has 34 heavy (non-hydrogen) atoms. The van der Waals surface area contributed by atoms with Crippen molar-refractivity contribution in [2.75, 3.05) is 31.4 Å². The Kier molecular flexibility index (Phi) is 7.18. The highest BCUT2D eigenvalue weighted by molar-refractivity contribution is 5.89. The molecule has 0 unspecified atom stereocenters. The van der Waals surface area contributed by atoms with Crippen LogP contribution < -0.4 is 20.1 Å². The standard InChI is InChI=1S/C20H19F3N6O5/c1-33-12-4-5-13(16(10-12)34-2)18-26-19(28-27-18)25-17(30)7-8-24-14-6-3-11(20(21,22)23)9-15(14)29(31)32/h3-6,9-10,24H,7-8H2,1-2H3,(H2,25,26,27,28,30). The molecule has 2 aromatic carbocycles. The van der Waals surface area contributed by atoms with Crippen LogP contribution in [0.3, 0.4) is 0 Å². The first-order valence-electron chi connectivity index (χ1n) is 9.66. The van der Waals surface area contributed by atoms with Crippen LogP contribution >= 0.6 is 0 Å². The first-order chi connectivity index (χ1) is 16.1. The molecule has 0 radical (unpaired) electrons. The minimum absolute atomic E-state index is 0.0154. The van der Waals surface area contributed by atoms with Gasteiger partial charge in [-0.05, 0) is 24.3 Å². The lowest BCUT2D eigenvalue weighted by Gasteiger charge is -2.10. The van der Waals surface area contributed by atoms with Crippen molar-refractivity contribution in [1.29, 1.82) is 0 Å². The van der Waals surface area contributed by atoms with Gasteiger partial charge in [-0.1, -0.05) is 0 Å². The normalized spacial score (nSPS) is 11.1. The molecule has 1 amide bonds. The SMILES string of the molecule is COc1ccc(-c2nc(NC(=O)CCNc3ccc(C(F)(F)F)cc3[N+](=O)[O-])n[nH]2)c(OC)c1. The lowest BCUT2D eigenvalue weighted by molar-refractivity contribution is -0.384. The second kappa shape index (κ2) is 10.1. The number of nitro benzene ring substituents is 1. The van der Waals surface area contributed by atoms with Crippen molar-refractivity contribution in [3.63, 3.8) is 0 Å². The maximum absolute atomic E-state index is 12.8. The highest BCUT2D eigenvalue weighted by Crippen LogP contribution is 2.35. The number of nitro groups is 1. The average molecular weight is 480 g/mol. The lowest BCUT2D eigenvalue weighted by Crippen LogP contribution is -2.17. The number of alkyl halides is 3. The van der Waals surface area contributed by atoms with Gasteiger partial charge in [0, 0.05) is 25.1 Å². The van der Waals surface area contributed by atoms with E-state index in [2.05, 4.69) is 25.8 Å². The Morgan fingerprint density at radius 1 is 1.18 bits per heavy atom. The number of halogens is 3. The smallest absolute Gasteiger partial charge is 0.416 e. The zero-order valence-electron chi connectivity index (χ0n) is 17.9. The van der Waals surface area contributed by atoms with Crippen LogP contribution in [0.2, 0.25) is 0 Å². The summed E-state index contributed by atoms with van der Waals surface area (Å²) in [5.41, 5.74) is -1.45. The van der Waals surface area contributed by atoms with Crippen LogP contribution in [-0.2, 0) is 11.0 Å². The van der Waals surface area contributed by atoms with E-state index >= 15 is 0 Å². The number of hydrogen-bond acceptors (Lipinski definition) is 8. The molecule has 0 saturated heterocycles. The lowest BCUT2D eigenvalue weighted by atomic mass is 10.1. The number of methoxy groups -OCH3 is 2. The Morgan fingerprint density at radius 3 is 2.59 bits per heavy atom. The number of ether oxygens (including phenoxy) is 2. The molecule has 180 valence electrons. The fourth-order valence-corrected chi connectivity index (χ4v) is 2.94. The third-order valence-corrected chi connectivity index (χ3v) is 4.59. The van der Waals surface area contributed by atoms with Crippen molar-refractivity contribution in [3.8, 4) is 22.9 Å². The molecule has 11 nitrogen and oxygen atoms in total. The summed E-state index contributed by atoms with van der Waals surface area (Å²) in [5.74, 6) is 0.839. The number of nitrogens with zero attached hydrogens (tertiary/aromatic N) is 3. The van der Waals surface area contributed by atoms with Gasteiger partial charge in [0.1, 0.15) is 17.2 Å². The van der Waals surface area contributed by atoms with Crippen LogP contribution in [0.15, 0.2) is 36.4 Å². The molecule has 0 aliphatic carbocycles. The van der Waals surface area contributed by atoms with Crippen molar-refractivity contribution >= 4 is 23.2 Å². The summed E-state index contributed by atoms with van der Waals surface area (Å²) in [5, 5.41) is 22.8. The monoisotopic (exact) mass is 480 g/mol. The Morgan fingerprint density at radius 2 is 1.94 bits per heavy atom. The number of amides is 1. The molecule has 0 saturated carbocycles. The molecular weight excluding hydrogens is 461 g/mol. The molecular formula is C20H19F3N6O5. The summed E-state index contributed by atoms with van der Waals surface area (Å²) >= 11 is 0. The van der Waals surface area contributed by atoms with Gasteiger partial charge in [-0.25, -0.2) is 0 Å². The topological polar surface area (TPSA) is 144 Å². The highest BCUT2D eigenvalue weighted by Gasteiger charge is 2.33. The number of aromatic nitrogens is 3. The summed E-state index contributed by atoms with van der Waals surface area (Å²) < 4.78 is 48.8. The Balaban J connectivity index is 1.61. The molecule has 0 spiro atoms. The van der Waals surface area contributed by atoms with Crippen LogP contribution in [0.1, 0.15) is 12.0 Å². The average Bonchev–Trinajstić information content (AvgIpc) is 3.25. The predicted octanol–water partition coefficient (Wildman–Crippen LogP) is 3.86. The van der Waals surface area contributed by atoms with Gasteiger partial charge in [0.25, 0.3) is 5.69 Å². The summed E-state index contributed by atoms with van der Waals surface area (Å²) in [6, 6.07) is 7.16. The second-order valence-corrected chi connectivity index (χ2v) is 6.79. The zero-order valence-corrected chi connectivity index (χ0v) is 17.9. The van der Waals surface area contributed by atoms with Gasteiger partial charge in [-0.2, -0.15) is 18.2 Å². The summed E-state index contributed by atoms with van der Waals surface area (Å²) in [7, 11) is 2.99. The quantitative estimate of drug-likeness (QED) is 0.309. The fraction of sp³-hybridized carbons (Fsp3) is 0.250. The molecule has 0 aliphatic heterocycles. The summed E-state index contributed by atoms with van der Waals surface area (Å²) in [4.78, 5) is 26.6. The Hall–Kier alpha value is -4.36. The number of carbonyl (C=O) groups is 1. The van der Waals surface area contributed by atoms with Crippen molar-refractivity contribution in [2.24, 2.45) is 0 Å². The number of benzene rings is 2. The molecule has 0 atom stereocenters. The third-order valence-electron chi connectivity index (χ3n) is 4.59. The number of aromatic amines is 1. The van der Waals surface area contributed by atoms with E-state index in [4.69, 9.17) is 9.47 Å². The van der Waals surface area contributed by atoms with E-state index in [-0.39, 0.29) is 24.6 Å².